The first-order valence-corrected chi connectivity index (χ1v) is 16.4. The molecule has 2 aromatic carbocycles. The van der Waals surface area contributed by atoms with Gasteiger partial charge in [-0.3, -0.25) is 9.47 Å². The molecule has 1 amide bonds. The van der Waals surface area contributed by atoms with Crippen LogP contribution in [-0.4, -0.2) is 63.8 Å². The Morgan fingerprint density at radius 1 is 0.745 bits per heavy atom. The quantitative estimate of drug-likeness (QED) is 0.188. The van der Waals surface area contributed by atoms with E-state index in [1.165, 1.54) is 29.2 Å². The van der Waals surface area contributed by atoms with Gasteiger partial charge in [-0.1, -0.05) is 24.3 Å². The van der Waals surface area contributed by atoms with E-state index in [0.29, 0.717) is 40.9 Å². The number of anilines is 4. The molecule has 2 atom stereocenters. The van der Waals surface area contributed by atoms with Gasteiger partial charge in [-0.05, 0) is 61.4 Å². The number of nitrogens with one attached hydrogen (secondary N) is 1. The number of halogens is 6. The van der Waals surface area contributed by atoms with Gasteiger partial charge in [-0.25, -0.2) is 19.7 Å². The molecule has 0 aliphatic carbocycles. The van der Waals surface area contributed by atoms with Crippen molar-refractivity contribution in [1.29, 1.82) is 0 Å². The molecule has 15 heteroatoms. The van der Waals surface area contributed by atoms with Crippen molar-refractivity contribution >= 4 is 29.0 Å². The van der Waals surface area contributed by atoms with Crippen molar-refractivity contribution in [1.82, 2.24) is 19.5 Å². The van der Waals surface area contributed by atoms with Gasteiger partial charge in [-0.2, -0.15) is 26.3 Å². The number of alkyl halides is 6. The SMILES string of the molecule is FC(F)(F)c1cccc(-c2ccc3c(n2)N[C@H]2CCN3C2)c1.O=C(N1c2nc(-c3cccc(C(F)(F)F)c3)ccc2N2CC[C@H]1C2)n1ccnc1. The average Bonchev–Trinajstić information content (AvgIpc) is 3.89. The van der Waals surface area contributed by atoms with Crippen LogP contribution < -0.4 is 20.0 Å². The van der Waals surface area contributed by atoms with Gasteiger partial charge in [0.05, 0.1) is 39.9 Å². The van der Waals surface area contributed by atoms with Gasteiger partial charge in [-0.15, -0.1) is 0 Å². The highest BCUT2D eigenvalue weighted by molar-refractivity contribution is 5.98. The molecule has 2 saturated heterocycles. The second-order valence-electron chi connectivity index (χ2n) is 12.8. The Balaban J connectivity index is 0.000000152. The third kappa shape index (κ3) is 6.21. The summed E-state index contributed by atoms with van der Waals surface area (Å²) in [5, 5.41) is 3.37. The summed E-state index contributed by atoms with van der Waals surface area (Å²) in [5.41, 5.74) is 2.23. The smallest absolute Gasteiger partial charge is 0.366 e. The summed E-state index contributed by atoms with van der Waals surface area (Å²) in [6, 6.07) is 17.7. The van der Waals surface area contributed by atoms with Gasteiger partial charge in [0.25, 0.3) is 0 Å². The first-order valence-electron chi connectivity index (χ1n) is 16.4. The molecule has 4 aliphatic rings. The number of rotatable bonds is 2. The van der Waals surface area contributed by atoms with Gasteiger partial charge in [0.1, 0.15) is 6.33 Å². The van der Waals surface area contributed by atoms with E-state index in [1.54, 1.807) is 35.4 Å². The van der Waals surface area contributed by atoms with Crippen molar-refractivity contribution in [3.05, 3.63) is 103 Å². The number of pyridine rings is 2. The maximum absolute atomic E-state index is 13.1. The minimum atomic E-state index is -4.43. The van der Waals surface area contributed by atoms with Crippen molar-refractivity contribution in [2.75, 3.05) is 46.2 Å². The van der Waals surface area contributed by atoms with E-state index in [4.69, 9.17) is 0 Å². The van der Waals surface area contributed by atoms with Crippen LogP contribution >= 0.6 is 0 Å². The standard InChI is InChI=1S/C20H16F3N5O.C16H14F3N3/c21-20(22,23)14-3-1-2-13(10-14)16-4-5-17-18(25-16)28(15-6-8-26(17)11-15)19(29)27-9-7-24-12-27;17-16(18,19)11-3-1-2-10(8-11)13-4-5-14-15(21-13)20-12-6-7-22(14)9-12/h1-5,7,9-10,12,15H,6,8,11H2;1-5,8,12H,6-7,9H2,(H,20,21)/t15-;12-/m00/s1. The normalized spacial score (nSPS) is 18.8. The van der Waals surface area contributed by atoms with E-state index in [1.807, 2.05) is 12.1 Å². The number of aromatic nitrogens is 4. The van der Waals surface area contributed by atoms with E-state index in [9.17, 15) is 31.1 Å². The van der Waals surface area contributed by atoms with Crippen LogP contribution in [0, 0.1) is 0 Å². The number of carbonyl (C=O) groups is 1. The topological polar surface area (TPSA) is 82.4 Å². The molecule has 9 nitrogen and oxygen atoms in total. The number of hydrogen-bond acceptors (Lipinski definition) is 7. The molecule has 2 fully saturated rings. The average molecular weight is 705 g/mol. The fourth-order valence-electron chi connectivity index (χ4n) is 7.09. The predicted octanol–water partition coefficient (Wildman–Crippen LogP) is 7.80. The van der Waals surface area contributed by atoms with E-state index >= 15 is 0 Å². The van der Waals surface area contributed by atoms with Crippen molar-refractivity contribution in [2.24, 2.45) is 0 Å². The van der Waals surface area contributed by atoms with Gasteiger partial charge >= 0.3 is 18.4 Å². The summed E-state index contributed by atoms with van der Waals surface area (Å²) < 4.78 is 79.2. The summed E-state index contributed by atoms with van der Waals surface area (Å²) in [7, 11) is 0. The second-order valence-corrected chi connectivity index (χ2v) is 12.8. The number of imidazole rings is 1. The van der Waals surface area contributed by atoms with Crippen molar-refractivity contribution in [2.45, 2.75) is 37.3 Å². The van der Waals surface area contributed by atoms with Gasteiger partial charge in [0.2, 0.25) is 0 Å². The fraction of sp³-hybridized carbons (Fsp3) is 0.278. The molecular formula is C36H30F6N8O. The minimum Gasteiger partial charge on any atom is -0.366 e. The van der Waals surface area contributed by atoms with Crippen LogP contribution in [0.4, 0.5) is 54.1 Å². The Morgan fingerprint density at radius 2 is 1.37 bits per heavy atom. The third-order valence-corrected chi connectivity index (χ3v) is 9.60. The zero-order chi connectivity index (χ0) is 35.5. The summed E-state index contributed by atoms with van der Waals surface area (Å²) in [4.78, 5) is 32.2. The highest BCUT2D eigenvalue weighted by atomic mass is 19.4. The van der Waals surface area contributed by atoms with Gasteiger partial charge in [0, 0.05) is 55.7 Å². The van der Waals surface area contributed by atoms with Crippen LogP contribution in [0.2, 0.25) is 0 Å². The van der Waals surface area contributed by atoms with Crippen molar-refractivity contribution in [3.8, 4) is 22.5 Å². The number of benzene rings is 2. The maximum Gasteiger partial charge on any atom is 0.416 e. The molecule has 9 rings (SSSR count). The van der Waals surface area contributed by atoms with Crippen molar-refractivity contribution < 1.29 is 31.1 Å². The van der Waals surface area contributed by atoms with Crippen LogP contribution in [-0.2, 0) is 12.4 Å². The number of carbonyl (C=O) groups excluding carboxylic acids is 1. The molecule has 51 heavy (non-hydrogen) atoms. The first-order chi connectivity index (χ1) is 24.4. The molecule has 0 unspecified atom stereocenters. The molecule has 5 aromatic rings. The predicted molar refractivity (Wildman–Crippen MR) is 180 cm³/mol. The highest BCUT2D eigenvalue weighted by Crippen LogP contribution is 2.41. The molecule has 0 radical (unpaired) electrons. The molecule has 7 heterocycles. The molecule has 0 saturated carbocycles. The van der Waals surface area contributed by atoms with E-state index in [0.717, 1.165) is 73.9 Å². The Labute approximate surface area is 288 Å². The second kappa shape index (κ2) is 12.3. The zero-order valence-corrected chi connectivity index (χ0v) is 26.9. The molecule has 4 aliphatic heterocycles. The van der Waals surface area contributed by atoms with E-state index in [2.05, 4.69) is 30.1 Å². The van der Waals surface area contributed by atoms with Gasteiger partial charge < -0.3 is 15.1 Å². The summed E-state index contributed by atoms with van der Waals surface area (Å²) in [6.45, 7) is 3.47. The zero-order valence-electron chi connectivity index (χ0n) is 26.9. The number of amides is 1. The third-order valence-electron chi connectivity index (χ3n) is 9.60. The van der Waals surface area contributed by atoms with Crippen LogP contribution in [0.5, 0.6) is 0 Å². The summed E-state index contributed by atoms with van der Waals surface area (Å²) in [5.74, 6) is 1.23. The van der Waals surface area contributed by atoms with Crippen LogP contribution in [0.1, 0.15) is 24.0 Å². The highest BCUT2D eigenvalue weighted by Gasteiger charge is 2.41. The first kappa shape index (κ1) is 32.6. The Morgan fingerprint density at radius 3 is 2.02 bits per heavy atom. The lowest BCUT2D eigenvalue weighted by Gasteiger charge is -2.35. The number of nitrogens with zero attached hydrogens (tertiary/aromatic N) is 7. The molecular weight excluding hydrogens is 674 g/mol. The van der Waals surface area contributed by atoms with Gasteiger partial charge in [0.15, 0.2) is 11.6 Å². The summed E-state index contributed by atoms with van der Waals surface area (Å²) in [6.07, 6.45) is -2.38. The lowest BCUT2D eigenvalue weighted by molar-refractivity contribution is -0.138. The number of hydrogen-bond donors (Lipinski definition) is 1. The Hall–Kier alpha value is -5.60. The minimum absolute atomic E-state index is 0.0401. The Kier molecular flexibility index (Phi) is 7.87. The Bertz CT molecular complexity index is 2100. The molecule has 4 bridgehead atoms. The van der Waals surface area contributed by atoms with Crippen LogP contribution in [0.3, 0.4) is 0 Å². The fourth-order valence-corrected chi connectivity index (χ4v) is 7.09. The van der Waals surface area contributed by atoms with Crippen LogP contribution in [0.15, 0.2) is 91.5 Å². The molecule has 1 N–H and O–H groups in total. The molecule has 3 aromatic heterocycles. The maximum atomic E-state index is 13.1. The summed E-state index contributed by atoms with van der Waals surface area (Å²) >= 11 is 0. The lowest BCUT2D eigenvalue weighted by atomic mass is 10.1. The lowest BCUT2D eigenvalue weighted by Crippen LogP contribution is -2.48. The van der Waals surface area contributed by atoms with E-state index in [-0.39, 0.29) is 12.1 Å². The molecule has 262 valence electrons. The van der Waals surface area contributed by atoms with Crippen molar-refractivity contribution in [3.63, 3.8) is 0 Å². The largest absolute Gasteiger partial charge is 0.416 e. The number of fused-ring (bicyclic) bond motifs is 8. The molecule has 0 spiro atoms. The van der Waals surface area contributed by atoms with Crippen LogP contribution in [0.25, 0.3) is 22.5 Å². The monoisotopic (exact) mass is 704 g/mol. The van der Waals surface area contributed by atoms with E-state index < -0.39 is 23.5 Å².